The van der Waals surface area contributed by atoms with E-state index in [-0.39, 0.29) is 10.8 Å². The van der Waals surface area contributed by atoms with Crippen LogP contribution in [0.5, 0.6) is 0 Å². The molecule has 10 heteroatoms. The van der Waals surface area contributed by atoms with Crippen molar-refractivity contribution in [3.8, 4) is 11.1 Å². The lowest BCUT2D eigenvalue weighted by Crippen LogP contribution is -2.57. The Morgan fingerprint density at radius 1 is 1.00 bits per heavy atom. The number of hydrogen-bond acceptors (Lipinski definition) is 7. The molecule has 42 heavy (non-hydrogen) atoms. The molecular formula is C32H34N6O3S. The minimum absolute atomic E-state index is 0.181. The third kappa shape index (κ3) is 4.07. The van der Waals surface area contributed by atoms with Gasteiger partial charge in [0, 0.05) is 48.4 Å². The number of carbonyl (C=O) groups excluding carboxylic acids is 1. The van der Waals surface area contributed by atoms with Crippen LogP contribution in [-0.4, -0.2) is 69.0 Å². The largest absolute Gasteiger partial charge is 0.352 e. The molecule has 3 aliphatic rings. The van der Waals surface area contributed by atoms with Gasteiger partial charge < -0.3 is 14.7 Å². The van der Waals surface area contributed by atoms with E-state index in [0.717, 1.165) is 65.6 Å². The Kier molecular flexibility index (Phi) is 6.25. The Balaban J connectivity index is 1.33. The number of fused-ring (bicyclic) bond motifs is 4. The molecule has 9 nitrogen and oxygen atoms in total. The van der Waals surface area contributed by atoms with Gasteiger partial charge in [0.15, 0.2) is 5.82 Å². The van der Waals surface area contributed by atoms with Crippen LogP contribution < -0.4 is 14.5 Å². The van der Waals surface area contributed by atoms with E-state index in [1.54, 1.807) is 36.5 Å². The van der Waals surface area contributed by atoms with Gasteiger partial charge in [-0.2, -0.15) is 0 Å². The molecule has 1 amide bonds. The van der Waals surface area contributed by atoms with Gasteiger partial charge in [-0.15, -0.1) is 0 Å². The summed E-state index contributed by atoms with van der Waals surface area (Å²) in [7, 11) is 0.260. The summed E-state index contributed by atoms with van der Waals surface area (Å²) < 4.78 is 29.6. The number of likely N-dealkylation sites (N-methyl/N-ethyl adjacent to an activating group) is 2. The molecule has 216 valence electrons. The molecule has 4 aromatic rings. The fraction of sp³-hybridized carbons (Fsp3) is 0.344. The predicted octanol–water partition coefficient (Wildman–Crippen LogP) is 4.64. The minimum Gasteiger partial charge on any atom is -0.352 e. The highest BCUT2D eigenvalue weighted by Gasteiger charge is 2.55. The fourth-order valence-corrected chi connectivity index (χ4v) is 7.63. The third-order valence-corrected chi connectivity index (χ3v) is 10.6. The van der Waals surface area contributed by atoms with E-state index in [2.05, 4.69) is 20.6 Å². The first-order chi connectivity index (χ1) is 20.2. The molecule has 1 saturated carbocycles. The number of nitrogens with one attached hydrogen (secondary N) is 1. The average molecular weight is 583 g/mol. The van der Waals surface area contributed by atoms with Crippen molar-refractivity contribution >= 4 is 44.0 Å². The van der Waals surface area contributed by atoms with Crippen molar-refractivity contribution in [3.63, 3.8) is 0 Å². The maximum absolute atomic E-state index is 13.5. The summed E-state index contributed by atoms with van der Waals surface area (Å²) in [6.45, 7) is 4.14. The van der Waals surface area contributed by atoms with Gasteiger partial charge >= 0.3 is 0 Å². The first kappa shape index (κ1) is 26.9. The van der Waals surface area contributed by atoms with E-state index >= 15 is 0 Å². The molecule has 2 aromatic heterocycles. The number of sulfonamides is 1. The summed E-state index contributed by atoms with van der Waals surface area (Å²) in [5.74, 6) is 0.789. The smallest absolute Gasteiger partial charge is 0.262 e. The summed E-state index contributed by atoms with van der Waals surface area (Å²) >= 11 is 0. The van der Waals surface area contributed by atoms with Gasteiger partial charge in [-0.3, -0.25) is 14.5 Å². The predicted molar refractivity (Wildman–Crippen MR) is 165 cm³/mol. The van der Waals surface area contributed by atoms with Crippen molar-refractivity contribution < 1.29 is 13.2 Å². The van der Waals surface area contributed by atoms with E-state index < -0.39 is 15.4 Å². The van der Waals surface area contributed by atoms with Crippen LogP contribution in [0.2, 0.25) is 0 Å². The lowest BCUT2D eigenvalue weighted by atomic mass is 9.64. The first-order valence-electron chi connectivity index (χ1n) is 14.5. The van der Waals surface area contributed by atoms with Crippen LogP contribution in [0.25, 0.3) is 22.0 Å². The van der Waals surface area contributed by atoms with Crippen molar-refractivity contribution in [3.05, 3.63) is 72.6 Å². The fourth-order valence-electron chi connectivity index (χ4n) is 6.55. The molecule has 2 fully saturated rings. The number of carbonyl (C=O) groups is 1. The lowest BCUT2D eigenvalue weighted by Gasteiger charge is -2.44. The van der Waals surface area contributed by atoms with Crippen molar-refractivity contribution in [1.82, 2.24) is 14.9 Å². The van der Waals surface area contributed by atoms with Crippen LogP contribution in [0.4, 0.5) is 17.2 Å². The monoisotopic (exact) mass is 582 g/mol. The molecule has 1 aliphatic carbocycles. The number of amides is 1. The summed E-state index contributed by atoms with van der Waals surface area (Å²) in [6.07, 6.45) is 6.38. The lowest BCUT2D eigenvalue weighted by molar-refractivity contribution is -0.125. The molecule has 0 unspecified atom stereocenters. The van der Waals surface area contributed by atoms with E-state index in [1.165, 1.54) is 0 Å². The van der Waals surface area contributed by atoms with E-state index in [9.17, 15) is 13.2 Å². The first-order valence-corrected chi connectivity index (χ1v) is 15.9. The van der Waals surface area contributed by atoms with Crippen molar-refractivity contribution in [1.29, 1.82) is 0 Å². The zero-order valence-electron chi connectivity index (χ0n) is 24.0. The van der Waals surface area contributed by atoms with Crippen molar-refractivity contribution in [2.24, 2.45) is 0 Å². The molecule has 0 radical (unpaired) electrons. The number of nitrogens with zero attached hydrogens (tertiary/aromatic N) is 5. The molecule has 7 rings (SSSR count). The molecule has 4 heterocycles. The Labute approximate surface area is 246 Å². The van der Waals surface area contributed by atoms with E-state index in [0.29, 0.717) is 24.1 Å². The maximum Gasteiger partial charge on any atom is 0.262 e. The van der Waals surface area contributed by atoms with E-state index in [1.807, 2.05) is 50.3 Å². The molecule has 2 aromatic carbocycles. The van der Waals surface area contributed by atoms with Crippen molar-refractivity contribution in [2.75, 3.05) is 48.3 Å². The highest BCUT2D eigenvalue weighted by molar-refractivity contribution is 7.92. The third-order valence-electron chi connectivity index (χ3n) is 9.19. The molecule has 0 atom stereocenters. The van der Waals surface area contributed by atoms with Gasteiger partial charge in [-0.1, -0.05) is 30.7 Å². The van der Waals surface area contributed by atoms with Crippen LogP contribution >= 0.6 is 0 Å². The Hall–Kier alpha value is -4.02. The molecule has 2 aliphatic heterocycles. The summed E-state index contributed by atoms with van der Waals surface area (Å²) in [4.78, 5) is 29.3. The maximum atomic E-state index is 13.5. The number of hydrogen-bond donors (Lipinski definition) is 1. The molecule has 1 spiro atoms. The molecule has 0 bridgehead atoms. The second-order valence-electron chi connectivity index (χ2n) is 11.8. The Morgan fingerprint density at radius 2 is 1.76 bits per heavy atom. The molecule has 1 saturated heterocycles. The summed E-state index contributed by atoms with van der Waals surface area (Å²) in [6, 6.07) is 16.7. The average Bonchev–Trinajstić information content (AvgIpc) is 3.21. The normalized spacial score (nSPS) is 18.0. The topological polar surface area (TPSA) is 98.7 Å². The van der Waals surface area contributed by atoms with Gasteiger partial charge in [-0.05, 0) is 69.8 Å². The number of aromatic nitrogens is 2. The minimum atomic E-state index is -3.83. The van der Waals surface area contributed by atoms with Crippen LogP contribution in [0.1, 0.15) is 31.7 Å². The second-order valence-corrected chi connectivity index (χ2v) is 13.5. The number of pyridine rings is 2. The molecule has 1 N–H and O–H groups in total. The number of rotatable bonds is 7. The SMILES string of the molecule is CCN1C(=O)C2(CCC2)c2c1cnc1ccc(-c3cnc(N4CC(N(C)C)C4)c(NS(=O)(=O)c4ccccc4)c3)cc21. The second kappa shape index (κ2) is 9.78. The van der Waals surface area contributed by atoms with Crippen LogP contribution in [-0.2, 0) is 20.2 Å². The quantitative estimate of drug-likeness (QED) is 0.339. The van der Waals surface area contributed by atoms with E-state index in [4.69, 9.17) is 9.97 Å². The van der Waals surface area contributed by atoms with Gasteiger partial charge in [-0.25, -0.2) is 13.4 Å². The zero-order chi connectivity index (χ0) is 29.2. The summed E-state index contributed by atoms with van der Waals surface area (Å²) in [5, 5.41) is 0.973. The molecular weight excluding hydrogens is 548 g/mol. The zero-order valence-corrected chi connectivity index (χ0v) is 24.9. The summed E-state index contributed by atoms with van der Waals surface area (Å²) in [5.41, 5.74) is 4.48. The Morgan fingerprint density at radius 3 is 2.43 bits per heavy atom. The number of anilines is 3. The van der Waals surface area contributed by atoms with Crippen molar-refractivity contribution in [2.45, 2.75) is 42.5 Å². The van der Waals surface area contributed by atoms with Gasteiger partial charge in [0.25, 0.3) is 10.0 Å². The van der Waals surface area contributed by atoms with Gasteiger partial charge in [0.1, 0.15) is 0 Å². The highest BCUT2D eigenvalue weighted by Crippen LogP contribution is 2.55. The van der Waals surface area contributed by atoms with Crippen LogP contribution in [0, 0.1) is 0 Å². The van der Waals surface area contributed by atoms with Crippen LogP contribution in [0.3, 0.4) is 0 Å². The Bertz CT molecular complexity index is 1820. The standard InChI is InChI=1S/C32H34N6O3S/c1-4-38-28-18-33-26-12-11-21(15-25(26)29(28)32(31(38)39)13-8-14-32)22-16-27(35-42(40,41)24-9-6-5-7-10-24)30(34-17-22)37-19-23(20-37)36(2)3/h5-7,9-12,15-18,23,35H,4,8,13-14,19-20H2,1-3H3. The van der Waals surface area contributed by atoms with Gasteiger partial charge in [0.05, 0.1) is 33.4 Å². The highest BCUT2D eigenvalue weighted by atomic mass is 32.2. The van der Waals surface area contributed by atoms with Crippen LogP contribution in [0.15, 0.2) is 71.9 Å². The number of benzene rings is 2. The van der Waals surface area contributed by atoms with Gasteiger partial charge in [0.2, 0.25) is 5.91 Å².